The van der Waals surface area contributed by atoms with E-state index in [-0.39, 0.29) is 11.9 Å². The molecule has 0 radical (unpaired) electrons. The largest absolute Gasteiger partial charge is 0.370 e. The summed E-state index contributed by atoms with van der Waals surface area (Å²) in [6, 6.07) is 5.40. The maximum atomic E-state index is 12.6. The molecule has 3 N–H and O–H groups in total. The average Bonchev–Trinajstić information content (AvgIpc) is 3.26. The van der Waals surface area contributed by atoms with Crippen molar-refractivity contribution in [1.29, 1.82) is 0 Å². The number of hydrogen-bond acceptors (Lipinski definition) is 4. The number of benzene rings is 1. The number of nitrogens with one attached hydrogen (secondary N) is 1. The van der Waals surface area contributed by atoms with Crippen LogP contribution in [0.4, 0.5) is 11.4 Å². The Morgan fingerprint density at radius 3 is 2.56 bits per heavy atom. The normalized spacial score (nSPS) is 14.1. The third-order valence-corrected chi connectivity index (χ3v) is 4.41. The molecule has 0 bridgehead atoms. The van der Waals surface area contributed by atoms with E-state index in [4.69, 9.17) is 5.73 Å². The highest BCUT2D eigenvalue weighted by Crippen LogP contribution is 2.30. The molecule has 1 fully saturated rings. The summed E-state index contributed by atoms with van der Waals surface area (Å²) in [5.74, 6) is -0.825. The maximum absolute atomic E-state index is 12.6. The summed E-state index contributed by atoms with van der Waals surface area (Å²) < 4.78 is 1.87. The Kier molecular flexibility index (Phi) is 4.74. The molecule has 25 heavy (non-hydrogen) atoms. The van der Waals surface area contributed by atoms with Gasteiger partial charge in [0.05, 0.1) is 17.7 Å². The zero-order valence-corrected chi connectivity index (χ0v) is 14.5. The molecule has 2 aromatic rings. The number of rotatable bonds is 5. The van der Waals surface area contributed by atoms with Gasteiger partial charge in [-0.15, -0.1) is 0 Å². The van der Waals surface area contributed by atoms with Crippen molar-refractivity contribution in [3.8, 4) is 0 Å². The third-order valence-electron chi connectivity index (χ3n) is 4.41. The number of nitrogens with two attached hydrogens (primary N) is 1. The Morgan fingerprint density at radius 2 is 1.96 bits per heavy atom. The monoisotopic (exact) mass is 341 g/mol. The Labute approximate surface area is 146 Å². The molecule has 132 valence electrons. The Morgan fingerprint density at radius 1 is 1.24 bits per heavy atom. The van der Waals surface area contributed by atoms with Crippen LogP contribution >= 0.6 is 0 Å². The van der Waals surface area contributed by atoms with E-state index in [1.165, 1.54) is 0 Å². The van der Waals surface area contributed by atoms with Crippen LogP contribution in [0.5, 0.6) is 0 Å². The molecule has 1 aromatic carbocycles. The lowest BCUT2D eigenvalue weighted by atomic mass is 10.1. The summed E-state index contributed by atoms with van der Waals surface area (Å²) in [5, 5.41) is 2.89. The van der Waals surface area contributed by atoms with Gasteiger partial charge in [-0.3, -0.25) is 9.59 Å². The number of primary amides is 1. The van der Waals surface area contributed by atoms with Crippen LogP contribution in [-0.2, 0) is 0 Å². The molecule has 3 rings (SSSR count). The van der Waals surface area contributed by atoms with Crippen molar-refractivity contribution in [2.24, 2.45) is 5.73 Å². The van der Waals surface area contributed by atoms with E-state index in [9.17, 15) is 9.59 Å². The van der Waals surface area contributed by atoms with Crippen LogP contribution in [-0.4, -0.2) is 34.5 Å². The summed E-state index contributed by atoms with van der Waals surface area (Å²) >= 11 is 0. The van der Waals surface area contributed by atoms with E-state index in [1.807, 2.05) is 24.5 Å². The first-order valence-electron chi connectivity index (χ1n) is 8.49. The summed E-state index contributed by atoms with van der Waals surface area (Å²) in [6.07, 6.45) is 5.59. The van der Waals surface area contributed by atoms with Crippen LogP contribution in [0.3, 0.4) is 0 Å². The van der Waals surface area contributed by atoms with Gasteiger partial charge in [0.1, 0.15) is 5.69 Å². The molecule has 1 saturated heterocycles. The highest BCUT2D eigenvalue weighted by atomic mass is 16.2. The minimum Gasteiger partial charge on any atom is -0.370 e. The van der Waals surface area contributed by atoms with Gasteiger partial charge in [-0.1, -0.05) is 0 Å². The van der Waals surface area contributed by atoms with Gasteiger partial charge in [0.25, 0.3) is 5.91 Å². The SMILES string of the molecule is CC(C)n1cnc(C(=O)Nc2cc(C(N)=O)ccc2N2CCCC2)c1. The van der Waals surface area contributed by atoms with Gasteiger partial charge in [0.2, 0.25) is 5.91 Å². The first-order valence-corrected chi connectivity index (χ1v) is 8.49. The minimum absolute atomic E-state index is 0.229. The lowest BCUT2D eigenvalue weighted by Gasteiger charge is -2.22. The Hall–Kier alpha value is -2.83. The number of carbonyl (C=O) groups excluding carboxylic acids is 2. The summed E-state index contributed by atoms with van der Waals surface area (Å²) in [5.41, 5.74) is 7.58. The maximum Gasteiger partial charge on any atom is 0.275 e. The van der Waals surface area contributed by atoms with E-state index in [1.54, 1.807) is 24.7 Å². The van der Waals surface area contributed by atoms with Gasteiger partial charge in [0, 0.05) is 30.9 Å². The van der Waals surface area contributed by atoms with Crippen LogP contribution in [0.15, 0.2) is 30.7 Å². The van der Waals surface area contributed by atoms with Gasteiger partial charge in [0.15, 0.2) is 0 Å². The second kappa shape index (κ2) is 6.96. The molecular formula is C18H23N5O2. The fourth-order valence-corrected chi connectivity index (χ4v) is 2.95. The molecule has 1 aliphatic rings. The van der Waals surface area contributed by atoms with Gasteiger partial charge in [-0.2, -0.15) is 0 Å². The first-order chi connectivity index (χ1) is 12.0. The van der Waals surface area contributed by atoms with Crippen molar-refractivity contribution < 1.29 is 9.59 Å². The van der Waals surface area contributed by atoms with E-state index >= 15 is 0 Å². The van der Waals surface area contributed by atoms with Crippen molar-refractivity contribution in [2.75, 3.05) is 23.3 Å². The van der Waals surface area contributed by atoms with Crippen LogP contribution in [0.25, 0.3) is 0 Å². The standard InChI is InChI=1S/C18H23N5O2/c1-12(2)23-10-15(20-11-23)18(25)21-14-9-13(17(19)24)5-6-16(14)22-7-3-4-8-22/h5-6,9-12H,3-4,7-8H2,1-2H3,(H2,19,24)(H,21,25). The number of nitrogens with zero attached hydrogens (tertiary/aromatic N) is 3. The zero-order chi connectivity index (χ0) is 18.0. The second-order valence-electron chi connectivity index (χ2n) is 6.54. The first kappa shape index (κ1) is 17.0. The molecule has 1 aliphatic heterocycles. The Balaban J connectivity index is 1.89. The number of aromatic nitrogens is 2. The topological polar surface area (TPSA) is 93.2 Å². The number of hydrogen-bond donors (Lipinski definition) is 2. The molecule has 7 nitrogen and oxygen atoms in total. The van der Waals surface area contributed by atoms with Crippen LogP contribution in [0.1, 0.15) is 53.6 Å². The summed E-state index contributed by atoms with van der Waals surface area (Å²) in [7, 11) is 0. The van der Waals surface area contributed by atoms with Crippen LogP contribution in [0, 0.1) is 0 Å². The highest BCUT2D eigenvalue weighted by molar-refractivity contribution is 6.06. The quantitative estimate of drug-likeness (QED) is 0.873. The van der Waals surface area contributed by atoms with Crippen molar-refractivity contribution in [2.45, 2.75) is 32.7 Å². The molecule has 2 heterocycles. The molecule has 0 spiro atoms. The summed E-state index contributed by atoms with van der Waals surface area (Å²) in [4.78, 5) is 30.4. The molecule has 1 aromatic heterocycles. The van der Waals surface area contributed by atoms with Crippen LogP contribution < -0.4 is 16.0 Å². The lowest BCUT2D eigenvalue weighted by molar-refractivity contribution is 0.0995. The van der Waals surface area contributed by atoms with Gasteiger partial charge < -0.3 is 20.5 Å². The molecule has 0 saturated carbocycles. The van der Waals surface area contributed by atoms with Gasteiger partial charge in [-0.05, 0) is 44.9 Å². The third kappa shape index (κ3) is 3.65. The van der Waals surface area contributed by atoms with Crippen molar-refractivity contribution in [1.82, 2.24) is 9.55 Å². The molecular weight excluding hydrogens is 318 g/mol. The van der Waals surface area contributed by atoms with E-state index in [2.05, 4.69) is 15.2 Å². The van der Waals surface area contributed by atoms with E-state index < -0.39 is 5.91 Å². The zero-order valence-electron chi connectivity index (χ0n) is 14.5. The number of anilines is 2. The predicted molar refractivity (Wildman–Crippen MR) is 97.0 cm³/mol. The second-order valence-corrected chi connectivity index (χ2v) is 6.54. The number of carbonyl (C=O) groups is 2. The number of amides is 2. The molecule has 7 heteroatoms. The fraction of sp³-hybridized carbons (Fsp3) is 0.389. The minimum atomic E-state index is -0.521. The average molecular weight is 341 g/mol. The van der Waals surface area contributed by atoms with Gasteiger partial charge >= 0.3 is 0 Å². The lowest BCUT2D eigenvalue weighted by Crippen LogP contribution is -2.22. The fourth-order valence-electron chi connectivity index (χ4n) is 2.95. The molecule has 0 atom stereocenters. The van der Waals surface area contributed by atoms with E-state index in [0.717, 1.165) is 31.6 Å². The van der Waals surface area contributed by atoms with Crippen molar-refractivity contribution in [3.05, 3.63) is 42.0 Å². The summed E-state index contributed by atoms with van der Waals surface area (Å²) in [6.45, 7) is 5.90. The molecule has 0 unspecified atom stereocenters. The number of imidazole rings is 1. The Bertz CT molecular complexity index is 791. The predicted octanol–water partition coefficient (Wildman–Crippen LogP) is 2.42. The highest BCUT2D eigenvalue weighted by Gasteiger charge is 2.19. The van der Waals surface area contributed by atoms with Gasteiger partial charge in [-0.25, -0.2) is 4.98 Å². The van der Waals surface area contributed by atoms with Crippen molar-refractivity contribution in [3.63, 3.8) is 0 Å². The molecule has 0 aliphatic carbocycles. The molecule has 2 amide bonds. The van der Waals surface area contributed by atoms with Crippen LogP contribution in [0.2, 0.25) is 0 Å². The smallest absolute Gasteiger partial charge is 0.275 e. The van der Waals surface area contributed by atoms with E-state index in [0.29, 0.717) is 16.9 Å². The van der Waals surface area contributed by atoms with Crippen molar-refractivity contribution >= 4 is 23.2 Å².